The molecule has 1 saturated carbocycles. The van der Waals surface area contributed by atoms with E-state index in [2.05, 4.69) is 22.6 Å². The molecule has 1 aliphatic rings. The molecule has 0 unspecified atom stereocenters. The van der Waals surface area contributed by atoms with Gasteiger partial charge in [-0.15, -0.1) is 0 Å². The zero-order valence-electron chi connectivity index (χ0n) is 12.6. The van der Waals surface area contributed by atoms with Crippen LogP contribution in [0.25, 0.3) is 11.1 Å². The van der Waals surface area contributed by atoms with Gasteiger partial charge in [-0.25, -0.2) is 22.0 Å². The van der Waals surface area contributed by atoms with Crippen LogP contribution >= 0.6 is 22.6 Å². The van der Waals surface area contributed by atoms with Gasteiger partial charge >= 0.3 is 0 Å². The summed E-state index contributed by atoms with van der Waals surface area (Å²) in [5, 5.41) is 0. The molecule has 0 aromatic heterocycles. The highest BCUT2D eigenvalue weighted by molar-refractivity contribution is 14.1. The van der Waals surface area contributed by atoms with Crippen molar-refractivity contribution in [2.45, 2.75) is 35.5 Å². The molecule has 0 radical (unpaired) electrons. The Hall–Kier alpha value is -1.18. The summed E-state index contributed by atoms with van der Waals surface area (Å²) in [4.78, 5) is 0. The van der Waals surface area contributed by atoms with E-state index in [1.54, 1.807) is 0 Å². The van der Waals surface area contributed by atoms with Crippen molar-refractivity contribution in [3.05, 3.63) is 58.9 Å². The molecule has 0 heterocycles. The zero-order valence-corrected chi connectivity index (χ0v) is 14.7. The Balaban J connectivity index is 1.99. The lowest BCUT2D eigenvalue weighted by atomic mass is 9.83. The number of alkyl halides is 1. The van der Waals surface area contributed by atoms with Crippen LogP contribution in [0.3, 0.4) is 0 Å². The van der Waals surface area contributed by atoms with Gasteiger partial charge in [0, 0.05) is 3.92 Å². The first kappa shape index (κ1) is 17.6. The van der Waals surface area contributed by atoms with Gasteiger partial charge in [0.05, 0.1) is 5.56 Å². The second kappa shape index (κ2) is 6.98. The first-order valence-corrected chi connectivity index (χ1v) is 8.89. The summed E-state index contributed by atoms with van der Waals surface area (Å²) in [5.74, 6) is -6.33. The van der Waals surface area contributed by atoms with Gasteiger partial charge in [-0.05, 0) is 67.0 Å². The van der Waals surface area contributed by atoms with Gasteiger partial charge in [-0.1, -0.05) is 22.6 Å². The largest absolute Gasteiger partial charge is 0.206 e. The van der Waals surface area contributed by atoms with Gasteiger partial charge in [0.2, 0.25) is 0 Å². The van der Waals surface area contributed by atoms with E-state index in [0.717, 1.165) is 25.7 Å². The van der Waals surface area contributed by atoms with E-state index in [1.165, 1.54) is 12.1 Å². The molecule has 3 rings (SSSR count). The van der Waals surface area contributed by atoms with Crippen LogP contribution in [-0.2, 0) is 0 Å². The van der Waals surface area contributed by atoms with Crippen LogP contribution in [0.5, 0.6) is 0 Å². The summed E-state index contributed by atoms with van der Waals surface area (Å²) >= 11 is 2.37. The van der Waals surface area contributed by atoms with Crippen molar-refractivity contribution in [2.75, 3.05) is 0 Å². The Morgan fingerprint density at radius 1 is 0.708 bits per heavy atom. The highest BCUT2D eigenvalue weighted by atomic mass is 127. The predicted octanol–water partition coefficient (Wildman–Crippen LogP) is 6.51. The molecule has 0 nitrogen and oxygen atoms in total. The van der Waals surface area contributed by atoms with Gasteiger partial charge in [-0.2, -0.15) is 0 Å². The zero-order chi connectivity index (χ0) is 17.4. The van der Waals surface area contributed by atoms with Crippen LogP contribution in [0.1, 0.15) is 37.2 Å². The maximum absolute atomic E-state index is 14.4. The third-order valence-electron chi connectivity index (χ3n) is 4.47. The molecule has 0 spiro atoms. The molecule has 24 heavy (non-hydrogen) atoms. The first-order chi connectivity index (χ1) is 11.4. The lowest BCUT2D eigenvalue weighted by Gasteiger charge is -2.26. The van der Waals surface area contributed by atoms with Crippen LogP contribution in [0.2, 0.25) is 0 Å². The van der Waals surface area contributed by atoms with Gasteiger partial charge < -0.3 is 0 Å². The Labute approximate surface area is 150 Å². The van der Waals surface area contributed by atoms with E-state index in [9.17, 15) is 22.0 Å². The fourth-order valence-electron chi connectivity index (χ4n) is 3.19. The monoisotopic (exact) mass is 452 g/mol. The van der Waals surface area contributed by atoms with E-state index in [0.29, 0.717) is 21.6 Å². The summed E-state index contributed by atoms with van der Waals surface area (Å²) in [6, 6.07) is 3.63. The molecule has 128 valence electrons. The fourth-order valence-corrected chi connectivity index (χ4v) is 3.91. The van der Waals surface area contributed by atoms with E-state index in [1.807, 2.05) is 0 Å². The van der Waals surface area contributed by atoms with Crippen molar-refractivity contribution in [3.8, 4) is 11.1 Å². The van der Waals surface area contributed by atoms with Gasteiger partial charge in [0.15, 0.2) is 17.5 Å². The standard InChI is InChI=1S/C18H14F5I/c19-13-5-10(9-1-3-12(24)4-2-9)6-14(20)17(13)11-7-15(21)18(23)16(22)8-11/h5-9,12H,1-4H2. The molecular formula is C18H14F5I. The fraction of sp³-hybridized carbons (Fsp3) is 0.333. The lowest BCUT2D eigenvalue weighted by molar-refractivity contribution is 0.447. The molecule has 0 N–H and O–H groups in total. The number of hydrogen-bond donors (Lipinski definition) is 0. The first-order valence-electron chi connectivity index (χ1n) is 7.64. The van der Waals surface area contributed by atoms with Gasteiger partial charge in [-0.3, -0.25) is 0 Å². The molecule has 0 bridgehead atoms. The molecule has 0 saturated heterocycles. The smallest absolute Gasteiger partial charge is 0.194 e. The Kier molecular flexibility index (Phi) is 5.13. The van der Waals surface area contributed by atoms with Crippen molar-refractivity contribution in [1.29, 1.82) is 0 Å². The number of benzene rings is 2. The minimum atomic E-state index is -1.66. The molecule has 6 heteroatoms. The van der Waals surface area contributed by atoms with Crippen LogP contribution in [0, 0.1) is 29.1 Å². The van der Waals surface area contributed by atoms with E-state index >= 15 is 0 Å². The Bertz CT molecular complexity index is 720. The SMILES string of the molecule is Fc1cc(-c2c(F)cc(C3CCC(I)CC3)cc2F)cc(F)c1F. The summed E-state index contributed by atoms with van der Waals surface area (Å²) in [6.45, 7) is 0. The van der Waals surface area contributed by atoms with Crippen LogP contribution in [-0.4, -0.2) is 3.92 Å². The Morgan fingerprint density at radius 3 is 1.71 bits per heavy atom. The minimum Gasteiger partial charge on any atom is -0.206 e. The molecule has 0 aliphatic heterocycles. The molecule has 1 aliphatic carbocycles. The highest BCUT2D eigenvalue weighted by Gasteiger charge is 2.24. The third-order valence-corrected chi connectivity index (χ3v) is 5.71. The predicted molar refractivity (Wildman–Crippen MR) is 90.7 cm³/mol. The van der Waals surface area contributed by atoms with E-state index < -0.39 is 34.6 Å². The number of hydrogen-bond acceptors (Lipinski definition) is 0. The topological polar surface area (TPSA) is 0 Å². The van der Waals surface area contributed by atoms with Crippen LogP contribution in [0.4, 0.5) is 22.0 Å². The number of rotatable bonds is 2. The summed E-state index contributed by atoms with van der Waals surface area (Å²) < 4.78 is 69.1. The normalized spacial score (nSPS) is 21.1. The quantitative estimate of drug-likeness (QED) is 0.211. The summed E-state index contributed by atoms with van der Waals surface area (Å²) in [7, 11) is 0. The second-order valence-corrected chi connectivity index (χ2v) is 7.82. The van der Waals surface area contributed by atoms with Crippen molar-refractivity contribution >= 4 is 22.6 Å². The van der Waals surface area contributed by atoms with Crippen LogP contribution in [0.15, 0.2) is 24.3 Å². The van der Waals surface area contributed by atoms with Crippen LogP contribution < -0.4 is 0 Å². The van der Waals surface area contributed by atoms with E-state index in [4.69, 9.17) is 0 Å². The van der Waals surface area contributed by atoms with Gasteiger partial charge in [0.1, 0.15) is 11.6 Å². The molecular weight excluding hydrogens is 438 g/mol. The average Bonchev–Trinajstić information content (AvgIpc) is 2.52. The molecule has 0 amide bonds. The van der Waals surface area contributed by atoms with Crippen molar-refractivity contribution in [3.63, 3.8) is 0 Å². The maximum atomic E-state index is 14.4. The van der Waals surface area contributed by atoms with E-state index in [-0.39, 0.29) is 11.5 Å². The second-order valence-electron chi connectivity index (χ2n) is 6.06. The van der Waals surface area contributed by atoms with Gasteiger partial charge in [0.25, 0.3) is 0 Å². The average molecular weight is 452 g/mol. The third kappa shape index (κ3) is 3.43. The summed E-state index contributed by atoms with van der Waals surface area (Å²) in [6.07, 6.45) is 3.69. The molecule has 0 atom stereocenters. The van der Waals surface area contributed by atoms with Crippen molar-refractivity contribution in [1.82, 2.24) is 0 Å². The molecule has 1 fully saturated rings. The molecule has 2 aromatic carbocycles. The lowest BCUT2D eigenvalue weighted by Crippen LogP contribution is -2.13. The van der Waals surface area contributed by atoms with Crippen molar-refractivity contribution in [2.24, 2.45) is 0 Å². The summed E-state index contributed by atoms with van der Waals surface area (Å²) in [5.41, 5.74) is -0.344. The maximum Gasteiger partial charge on any atom is 0.194 e. The minimum absolute atomic E-state index is 0.0794. The Morgan fingerprint density at radius 2 is 1.21 bits per heavy atom. The van der Waals surface area contributed by atoms with Crippen molar-refractivity contribution < 1.29 is 22.0 Å². The highest BCUT2D eigenvalue weighted by Crippen LogP contribution is 2.38. The molecule has 2 aromatic rings. The number of halogens is 6.